The maximum atomic E-state index is 11.4. The van der Waals surface area contributed by atoms with Gasteiger partial charge < -0.3 is 10.6 Å². The van der Waals surface area contributed by atoms with Gasteiger partial charge in [-0.2, -0.15) is 0 Å². The van der Waals surface area contributed by atoms with Gasteiger partial charge in [-0.05, 0) is 31.4 Å². The van der Waals surface area contributed by atoms with Crippen molar-refractivity contribution in [3.05, 3.63) is 24.0 Å². The van der Waals surface area contributed by atoms with Crippen LogP contribution >= 0.6 is 0 Å². The molecule has 1 fully saturated rings. The summed E-state index contributed by atoms with van der Waals surface area (Å²) in [6.07, 6.45) is 5.56. The van der Waals surface area contributed by atoms with E-state index in [0.29, 0.717) is 6.04 Å². The van der Waals surface area contributed by atoms with Gasteiger partial charge in [-0.25, -0.2) is 4.79 Å². The Morgan fingerprint density at radius 1 is 1.57 bits per heavy atom. The van der Waals surface area contributed by atoms with Crippen molar-refractivity contribution in [2.24, 2.45) is 0 Å². The Kier molecular flexibility index (Phi) is 2.35. The standard InChI is InChI=1S/C10H13N3O/c1-7-4-5-11-6-9(7)13-10(14)12-8-2-3-8/h4-6,8H,2-3H2,1H3,(H2,12,13,14). The van der Waals surface area contributed by atoms with Gasteiger partial charge in [0.1, 0.15) is 0 Å². The molecule has 2 amide bonds. The Bertz CT molecular complexity index is 347. The van der Waals surface area contributed by atoms with Crippen molar-refractivity contribution in [1.82, 2.24) is 10.3 Å². The maximum absolute atomic E-state index is 11.4. The normalized spacial score (nSPS) is 14.9. The number of urea groups is 1. The van der Waals surface area contributed by atoms with E-state index in [9.17, 15) is 4.79 Å². The number of rotatable bonds is 2. The summed E-state index contributed by atoms with van der Waals surface area (Å²) in [6.45, 7) is 1.94. The molecule has 2 N–H and O–H groups in total. The van der Waals surface area contributed by atoms with E-state index >= 15 is 0 Å². The maximum Gasteiger partial charge on any atom is 0.319 e. The number of nitrogens with one attached hydrogen (secondary N) is 2. The van der Waals surface area contributed by atoms with Gasteiger partial charge in [0.15, 0.2) is 0 Å². The third kappa shape index (κ3) is 2.22. The molecule has 0 atom stereocenters. The number of anilines is 1. The molecule has 0 radical (unpaired) electrons. The largest absolute Gasteiger partial charge is 0.335 e. The van der Waals surface area contributed by atoms with Gasteiger partial charge in [-0.1, -0.05) is 0 Å². The first-order valence-corrected chi connectivity index (χ1v) is 4.74. The average Bonchev–Trinajstić information content (AvgIpc) is 2.93. The molecule has 4 nitrogen and oxygen atoms in total. The van der Waals surface area contributed by atoms with Crippen molar-refractivity contribution in [3.8, 4) is 0 Å². The van der Waals surface area contributed by atoms with E-state index in [1.807, 2.05) is 13.0 Å². The van der Waals surface area contributed by atoms with Crippen LogP contribution in [0.1, 0.15) is 18.4 Å². The number of carbonyl (C=O) groups is 1. The highest BCUT2D eigenvalue weighted by Gasteiger charge is 2.23. The van der Waals surface area contributed by atoms with Crippen molar-refractivity contribution in [2.75, 3.05) is 5.32 Å². The van der Waals surface area contributed by atoms with Crippen molar-refractivity contribution in [1.29, 1.82) is 0 Å². The summed E-state index contributed by atoms with van der Waals surface area (Å²) >= 11 is 0. The topological polar surface area (TPSA) is 54.0 Å². The molecule has 0 unspecified atom stereocenters. The highest BCUT2D eigenvalue weighted by molar-refractivity contribution is 5.90. The molecule has 1 aliphatic carbocycles. The lowest BCUT2D eigenvalue weighted by molar-refractivity contribution is 0.251. The number of aromatic nitrogens is 1. The first kappa shape index (κ1) is 8.99. The second-order valence-electron chi connectivity index (χ2n) is 3.56. The summed E-state index contributed by atoms with van der Waals surface area (Å²) in [7, 11) is 0. The molecule has 0 bridgehead atoms. The minimum absolute atomic E-state index is 0.136. The second-order valence-corrected chi connectivity index (χ2v) is 3.56. The lowest BCUT2D eigenvalue weighted by Gasteiger charge is -2.07. The molecule has 0 aromatic carbocycles. The fourth-order valence-corrected chi connectivity index (χ4v) is 1.17. The number of pyridine rings is 1. The van der Waals surface area contributed by atoms with Crippen LogP contribution in [0.5, 0.6) is 0 Å². The summed E-state index contributed by atoms with van der Waals surface area (Å²) in [5.74, 6) is 0. The number of amides is 2. The van der Waals surface area contributed by atoms with E-state index in [0.717, 1.165) is 24.1 Å². The molecule has 14 heavy (non-hydrogen) atoms. The van der Waals surface area contributed by atoms with E-state index in [2.05, 4.69) is 15.6 Å². The van der Waals surface area contributed by atoms with E-state index < -0.39 is 0 Å². The molecule has 1 aromatic heterocycles. The van der Waals surface area contributed by atoms with Gasteiger partial charge in [0, 0.05) is 12.2 Å². The molecule has 1 aromatic rings. The van der Waals surface area contributed by atoms with Gasteiger partial charge in [0.05, 0.1) is 11.9 Å². The molecular weight excluding hydrogens is 178 g/mol. The van der Waals surface area contributed by atoms with Crippen LogP contribution in [0, 0.1) is 6.92 Å². The number of carbonyl (C=O) groups excluding carboxylic acids is 1. The van der Waals surface area contributed by atoms with Gasteiger partial charge in [-0.15, -0.1) is 0 Å². The number of hydrogen-bond acceptors (Lipinski definition) is 2. The summed E-state index contributed by atoms with van der Waals surface area (Å²) in [4.78, 5) is 15.3. The Balaban J connectivity index is 1.95. The van der Waals surface area contributed by atoms with Gasteiger partial charge >= 0.3 is 6.03 Å². The third-order valence-corrected chi connectivity index (χ3v) is 2.20. The molecule has 4 heteroatoms. The highest BCUT2D eigenvalue weighted by Crippen LogP contribution is 2.19. The predicted octanol–water partition coefficient (Wildman–Crippen LogP) is 1.67. The first-order valence-electron chi connectivity index (χ1n) is 4.74. The summed E-state index contributed by atoms with van der Waals surface area (Å²) in [6, 6.07) is 2.11. The second kappa shape index (κ2) is 3.65. The molecule has 0 saturated heterocycles. The predicted molar refractivity (Wildman–Crippen MR) is 54.2 cm³/mol. The fraction of sp³-hybridized carbons (Fsp3) is 0.400. The monoisotopic (exact) mass is 191 g/mol. The zero-order valence-corrected chi connectivity index (χ0v) is 8.08. The molecule has 0 aliphatic heterocycles. The number of nitrogens with zero attached hydrogens (tertiary/aromatic N) is 1. The van der Waals surface area contributed by atoms with E-state index in [-0.39, 0.29) is 6.03 Å². The van der Waals surface area contributed by atoms with E-state index in [1.54, 1.807) is 12.4 Å². The molecule has 1 saturated carbocycles. The molecule has 74 valence electrons. The summed E-state index contributed by atoms with van der Waals surface area (Å²) in [5, 5.41) is 5.62. The zero-order chi connectivity index (χ0) is 9.97. The van der Waals surface area contributed by atoms with Crippen LogP contribution in [-0.2, 0) is 0 Å². The van der Waals surface area contributed by atoms with Gasteiger partial charge in [-0.3, -0.25) is 4.98 Å². The van der Waals surface area contributed by atoms with Crippen molar-refractivity contribution in [2.45, 2.75) is 25.8 Å². The zero-order valence-electron chi connectivity index (χ0n) is 8.08. The Hall–Kier alpha value is -1.58. The van der Waals surface area contributed by atoms with Crippen LogP contribution in [0.2, 0.25) is 0 Å². The van der Waals surface area contributed by atoms with Crippen molar-refractivity contribution < 1.29 is 4.79 Å². The van der Waals surface area contributed by atoms with Crippen molar-refractivity contribution in [3.63, 3.8) is 0 Å². The number of hydrogen-bond donors (Lipinski definition) is 2. The molecule has 1 heterocycles. The highest BCUT2D eigenvalue weighted by atomic mass is 16.2. The van der Waals surface area contributed by atoms with Crippen LogP contribution < -0.4 is 10.6 Å². The minimum Gasteiger partial charge on any atom is -0.335 e. The Labute approximate surface area is 82.7 Å². The SMILES string of the molecule is Cc1ccncc1NC(=O)NC1CC1. The minimum atomic E-state index is -0.136. The Morgan fingerprint density at radius 3 is 3.00 bits per heavy atom. The van der Waals surface area contributed by atoms with E-state index in [4.69, 9.17) is 0 Å². The van der Waals surface area contributed by atoms with Crippen LogP contribution in [0.15, 0.2) is 18.5 Å². The molecule has 1 aliphatic rings. The van der Waals surface area contributed by atoms with Gasteiger partial charge in [0.2, 0.25) is 0 Å². The lowest BCUT2D eigenvalue weighted by atomic mass is 10.2. The fourth-order valence-electron chi connectivity index (χ4n) is 1.17. The quantitative estimate of drug-likeness (QED) is 0.747. The van der Waals surface area contributed by atoms with Crippen LogP contribution in [0.4, 0.5) is 10.5 Å². The Morgan fingerprint density at radius 2 is 2.36 bits per heavy atom. The average molecular weight is 191 g/mol. The third-order valence-electron chi connectivity index (χ3n) is 2.20. The smallest absolute Gasteiger partial charge is 0.319 e. The van der Waals surface area contributed by atoms with Crippen molar-refractivity contribution >= 4 is 11.7 Å². The van der Waals surface area contributed by atoms with Crippen LogP contribution in [0.25, 0.3) is 0 Å². The number of aryl methyl sites for hydroxylation is 1. The molecule has 2 rings (SSSR count). The summed E-state index contributed by atoms with van der Waals surface area (Å²) < 4.78 is 0. The van der Waals surface area contributed by atoms with E-state index in [1.165, 1.54) is 0 Å². The lowest BCUT2D eigenvalue weighted by Crippen LogP contribution is -2.30. The summed E-state index contributed by atoms with van der Waals surface area (Å²) in [5.41, 5.74) is 1.79. The van der Waals surface area contributed by atoms with Gasteiger partial charge in [0.25, 0.3) is 0 Å². The van der Waals surface area contributed by atoms with Crippen LogP contribution in [-0.4, -0.2) is 17.1 Å². The van der Waals surface area contributed by atoms with Crippen LogP contribution in [0.3, 0.4) is 0 Å². The molecule has 0 spiro atoms. The molecular formula is C10H13N3O. The first-order chi connectivity index (χ1) is 6.75.